The van der Waals surface area contributed by atoms with Crippen molar-refractivity contribution in [1.82, 2.24) is 5.32 Å². The van der Waals surface area contributed by atoms with Gasteiger partial charge in [0.1, 0.15) is 5.76 Å². The molecule has 0 aliphatic rings. The van der Waals surface area contributed by atoms with Crippen molar-refractivity contribution in [3.63, 3.8) is 0 Å². The summed E-state index contributed by atoms with van der Waals surface area (Å²) < 4.78 is 6.27. The first-order chi connectivity index (χ1) is 6.22. The first-order valence-corrected chi connectivity index (χ1v) is 5.36. The maximum absolute atomic E-state index is 8.77. The molecule has 0 amide bonds. The molecule has 3 nitrogen and oxygen atoms in total. The Labute approximate surface area is 91.7 Å². The number of aliphatic hydroxyl groups is 1. The van der Waals surface area contributed by atoms with Gasteiger partial charge in [0.25, 0.3) is 0 Å². The summed E-state index contributed by atoms with van der Waals surface area (Å²) in [6, 6.07) is 3.89. The molecule has 0 bridgehead atoms. The third-order valence-corrected chi connectivity index (χ3v) is 2.31. The van der Waals surface area contributed by atoms with Crippen LogP contribution in [0, 0.1) is 9.68 Å². The van der Waals surface area contributed by atoms with Crippen LogP contribution in [0.2, 0.25) is 0 Å². The van der Waals surface area contributed by atoms with Gasteiger partial charge in [-0.2, -0.15) is 0 Å². The Balaban J connectivity index is 2.20. The van der Waals surface area contributed by atoms with E-state index in [9.17, 15) is 0 Å². The zero-order chi connectivity index (χ0) is 9.68. The highest BCUT2D eigenvalue weighted by Gasteiger charge is 2.01. The van der Waals surface area contributed by atoms with Gasteiger partial charge < -0.3 is 14.8 Å². The molecule has 1 unspecified atom stereocenters. The van der Waals surface area contributed by atoms with Gasteiger partial charge in [0.2, 0.25) is 0 Å². The smallest absolute Gasteiger partial charge is 0.164 e. The Bertz CT molecular complexity index is 250. The third kappa shape index (κ3) is 4.10. The lowest BCUT2D eigenvalue weighted by atomic mass is 10.2. The topological polar surface area (TPSA) is 45.4 Å². The van der Waals surface area contributed by atoms with Crippen LogP contribution in [-0.2, 0) is 6.54 Å². The van der Waals surface area contributed by atoms with E-state index in [0.717, 1.165) is 22.6 Å². The summed E-state index contributed by atoms with van der Waals surface area (Å²) in [4.78, 5) is 0. The van der Waals surface area contributed by atoms with Gasteiger partial charge in [-0.15, -0.1) is 0 Å². The summed E-state index contributed by atoms with van der Waals surface area (Å²) in [7, 11) is 0. The average molecular weight is 295 g/mol. The summed E-state index contributed by atoms with van der Waals surface area (Å²) in [5.41, 5.74) is 0. The van der Waals surface area contributed by atoms with Crippen molar-refractivity contribution in [2.75, 3.05) is 13.2 Å². The van der Waals surface area contributed by atoms with Gasteiger partial charge in [0, 0.05) is 13.2 Å². The number of nitrogens with one attached hydrogen (secondary N) is 1. The lowest BCUT2D eigenvalue weighted by Crippen LogP contribution is -2.22. The first kappa shape index (κ1) is 11.0. The van der Waals surface area contributed by atoms with Crippen molar-refractivity contribution >= 4 is 22.6 Å². The van der Waals surface area contributed by atoms with E-state index in [1.807, 2.05) is 19.1 Å². The zero-order valence-corrected chi connectivity index (χ0v) is 9.74. The van der Waals surface area contributed by atoms with Gasteiger partial charge in [0.05, 0.1) is 6.54 Å². The highest BCUT2D eigenvalue weighted by Crippen LogP contribution is 2.09. The summed E-state index contributed by atoms with van der Waals surface area (Å²) in [5.74, 6) is 1.24. The second-order valence-electron chi connectivity index (χ2n) is 3.12. The number of rotatable bonds is 5. The van der Waals surface area contributed by atoms with E-state index >= 15 is 0 Å². The zero-order valence-electron chi connectivity index (χ0n) is 7.59. The minimum absolute atomic E-state index is 0.225. The van der Waals surface area contributed by atoms with E-state index in [1.165, 1.54) is 0 Å². The molecule has 4 heteroatoms. The first-order valence-electron chi connectivity index (χ1n) is 4.28. The molecule has 2 N–H and O–H groups in total. The van der Waals surface area contributed by atoms with Crippen LogP contribution in [0.25, 0.3) is 0 Å². The monoisotopic (exact) mass is 295 g/mol. The van der Waals surface area contributed by atoms with E-state index in [1.54, 1.807) is 0 Å². The van der Waals surface area contributed by atoms with E-state index in [-0.39, 0.29) is 6.61 Å². The molecule has 1 aromatic heterocycles. The number of halogens is 1. The number of hydrogen-bond acceptors (Lipinski definition) is 3. The largest absolute Gasteiger partial charge is 0.454 e. The number of aliphatic hydroxyl groups excluding tert-OH is 1. The van der Waals surface area contributed by atoms with E-state index in [2.05, 4.69) is 27.9 Å². The Kier molecular flexibility index (Phi) is 4.76. The SMILES string of the molecule is CC(CO)CNCc1ccc(I)o1. The molecule has 74 valence electrons. The molecule has 1 atom stereocenters. The van der Waals surface area contributed by atoms with Gasteiger partial charge in [0.15, 0.2) is 3.77 Å². The average Bonchev–Trinajstić information content (AvgIpc) is 2.51. The Morgan fingerprint density at radius 3 is 2.92 bits per heavy atom. The molecule has 0 spiro atoms. The molecule has 0 saturated carbocycles. The second kappa shape index (κ2) is 5.62. The van der Waals surface area contributed by atoms with Gasteiger partial charge in [-0.1, -0.05) is 6.92 Å². The van der Waals surface area contributed by atoms with Crippen molar-refractivity contribution < 1.29 is 9.52 Å². The van der Waals surface area contributed by atoms with Crippen LogP contribution in [0.5, 0.6) is 0 Å². The molecule has 0 aromatic carbocycles. The third-order valence-electron chi connectivity index (χ3n) is 1.73. The van der Waals surface area contributed by atoms with E-state index in [0.29, 0.717) is 5.92 Å². The van der Waals surface area contributed by atoms with E-state index < -0.39 is 0 Å². The van der Waals surface area contributed by atoms with Crippen LogP contribution in [-0.4, -0.2) is 18.3 Å². The molecule has 0 saturated heterocycles. The summed E-state index contributed by atoms with van der Waals surface area (Å²) in [5, 5.41) is 12.0. The van der Waals surface area contributed by atoms with Gasteiger partial charge in [-0.25, -0.2) is 0 Å². The van der Waals surface area contributed by atoms with Crippen molar-refractivity contribution in [3.8, 4) is 0 Å². The van der Waals surface area contributed by atoms with Crippen LogP contribution in [0.15, 0.2) is 16.5 Å². The van der Waals surface area contributed by atoms with Crippen LogP contribution in [0.3, 0.4) is 0 Å². The molecular weight excluding hydrogens is 281 g/mol. The Morgan fingerprint density at radius 2 is 2.38 bits per heavy atom. The molecular formula is C9H14INO2. The number of furan rings is 1. The fourth-order valence-electron chi connectivity index (χ4n) is 0.953. The molecule has 0 aliphatic carbocycles. The summed E-state index contributed by atoms with van der Waals surface area (Å²) in [6.45, 7) is 3.77. The van der Waals surface area contributed by atoms with Gasteiger partial charge in [-0.05, 0) is 40.6 Å². The van der Waals surface area contributed by atoms with Crippen molar-refractivity contribution in [2.24, 2.45) is 5.92 Å². The fourth-order valence-corrected chi connectivity index (χ4v) is 1.42. The molecule has 0 fully saturated rings. The summed E-state index contributed by atoms with van der Waals surface area (Å²) >= 11 is 2.14. The summed E-state index contributed by atoms with van der Waals surface area (Å²) in [6.07, 6.45) is 0. The quantitative estimate of drug-likeness (QED) is 0.811. The molecule has 1 aromatic rings. The predicted molar refractivity (Wildman–Crippen MR) is 59.4 cm³/mol. The minimum Gasteiger partial charge on any atom is -0.454 e. The van der Waals surface area contributed by atoms with Crippen molar-refractivity contribution in [2.45, 2.75) is 13.5 Å². The van der Waals surface area contributed by atoms with Crippen LogP contribution in [0.4, 0.5) is 0 Å². The Morgan fingerprint density at radius 1 is 1.62 bits per heavy atom. The van der Waals surface area contributed by atoms with Crippen LogP contribution in [0.1, 0.15) is 12.7 Å². The lowest BCUT2D eigenvalue weighted by molar-refractivity contribution is 0.232. The van der Waals surface area contributed by atoms with Gasteiger partial charge >= 0.3 is 0 Å². The molecule has 0 radical (unpaired) electrons. The van der Waals surface area contributed by atoms with Gasteiger partial charge in [-0.3, -0.25) is 0 Å². The fraction of sp³-hybridized carbons (Fsp3) is 0.556. The maximum atomic E-state index is 8.77. The van der Waals surface area contributed by atoms with Crippen LogP contribution < -0.4 is 5.32 Å². The second-order valence-corrected chi connectivity index (χ2v) is 4.19. The standard InChI is InChI=1S/C9H14INO2/c1-7(6-12)4-11-5-8-2-3-9(10)13-8/h2-3,7,11-12H,4-6H2,1H3. The molecule has 0 aliphatic heterocycles. The van der Waals surface area contributed by atoms with Crippen LogP contribution >= 0.6 is 22.6 Å². The highest BCUT2D eigenvalue weighted by atomic mass is 127. The lowest BCUT2D eigenvalue weighted by Gasteiger charge is -2.07. The van der Waals surface area contributed by atoms with E-state index in [4.69, 9.17) is 9.52 Å². The highest BCUT2D eigenvalue weighted by molar-refractivity contribution is 14.1. The molecule has 1 rings (SSSR count). The Hall–Kier alpha value is -0.0700. The molecule has 13 heavy (non-hydrogen) atoms. The van der Waals surface area contributed by atoms with Crippen molar-refractivity contribution in [3.05, 3.63) is 21.7 Å². The number of hydrogen-bond donors (Lipinski definition) is 2. The maximum Gasteiger partial charge on any atom is 0.164 e. The molecule has 1 heterocycles. The predicted octanol–water partition coefficient (Wildman–Crippen LogP) is 1.60. The van der Waals surface area contributed by atoms with Crippen molar-refractivity contribution in [1.29, 1.82) is 0 Å². The normalized spacial score (nSPS) is 13.2. The minimum atomic E-state index is 0.225.